The van der Waals surface area contributed by atoms with Crippen molar-refractivity contribution in [1.29, 1.82) is 0 Å². The van der Waals surface area contributed by atoms with E-state index in [1.165, 1.54) is 16.8 Å². The number of rotatable bonds is 5. The summed E-state index contributed by atoms with van der Waals surface area (Å²) in [5.74, 6) is 1.02. The summed E-state index contributed by atoms with van der Waals surface area (Å²) < 4.78 is 8.06. The van der Waals surface area contributed by atoms with Crippen molar-refractivity contribution in [2.24, 2.45) is 0 Å². The maximum absolute atomic E-state index is 6.00. The van der Waals surface area contributed by atoms with Gasteiger partial charge in [0.1, 0.15) is 11.9 Å². The third-order valence-corrected chi connectivity index (χ3v) is 4.00. The Hall–Kier alpha value is -1.81. The summed E-state index contributed by atoms with van der Waals surface area (Å²) in [6.45, 7) is 8.12. The zero-order valence-electron chi connectivity index (χ0n) is 13.0. The van der Waals surface area contributed by atoms with Gasteiger partial charge in [0.25, 0.3) is 0 Å². The summed E-state index contributed by atoms with van der Waals surface area (Å²) >= 11 is 0. The Labute approximate surface area is 126 Å². The first-order valence-corrected chi connectivity index (χ1v) is 7.62. The highest BCUT2D eigenvalue weighted by atomic mass is 16.5. The second kappa shape index (κ2) is 5.90. The summed E-state index contributed by atoms with van der Waals surface area (Å²) in [5, 5.41) is 7.96. The minimum absolute atomic E-state index is 0.187. The summed E-state index contributed by atoms with van der Waals surface area (Å²) in [6, 6.07) is 8.77. The van der Waals surface area contributed by atoms with Gasteiger partial charge in [-0.25, -0.2) is 0 Å². The van der Waals surface area contributed by atoms with Gasteiger partial charge in [0.15, 0.2) is 0 Å². The van der Waals surface area contributed by atoms with Gasteiger partial charge in [0.2, 0.25) is 0 Å². The summed E-state index contributed by atoms with van der Waals surface area (Å²) in [5.41, 5.74) is 3.79. The molecule has 1 unspecified atom stereocenters. The van der Waals surface area contributed by atoms with Crippen LogP contribution in [0.4, 0.5) is 0 Å². The first-order chi connectivity index (χ1) is 10.1. The second-order valence-corrected chi connectivity index (χ2v) is 6.02. The largest absolute Gasteiger partial charge is 0.488 e. The number of benzene rings is 1. The lowest BCUT2D eigenvalue weighted by molar-refractivity contribution is 0.202. The van der Waals surface area contributed by atoms with Crippen LogP contribution in [0.3, 0.4) is 0 Å². The molecule has 112 valence electrons. The molecule has 3 rings (SSSR count). The Bertz CT molecular complexity index is 593. The Morgan fingerprint density at radius 1 is 1.38 bits per heavy atom. The van der Waals surface area contributed by atoms with Crippen LogP contribution in [-0.2, 0) is 19.5 Å². The molecular weight excluding hydrogens is 262 g/mol. The average Bonchev–Trinajstić information content (AvgIpc) is 3.01. The van der Waals surface area contributed by atoms with Gasteiger partial charge in [-0.3, -0.25) is 4.68 Å². The van der Waals surface area contributed by atoms with E-state index < -0.39 is 0 Å². The first kappa shape index (κ1) is 14.1. The minimum Gasteiger partial charge on any atom is -0.488 e. The fourth-order valence-electron chi connectivity index (χ4n) is 2.71. The third kappa shape index (κ3) is 3.10. The quantitative estimate of drug-likeness (QED) is 0.918. The molecule has 2 heterocycles. The van der Waals surface area contributed by atoms with Crippen molar-refractivity contribution in [3.63, 3.8) is 0 Å². The topological polar surface area (TPSA) is 39.1 Å². The molecular formula is C17H23N3O. The van der Waals surface area contributed by atoms with Crippen LogP contribution in [0, 0.1) is 6.92 Å². The van der Waals surface area contributed by atoms with E-state index in [1.807, 2.05) is 18.3 Å². The Kier molecular flexibility index (Phi) is 3.97. The zero-order valence-corrected chi connectivity index (χ0v) is 13.0. The number of ether oxygens (including phenoxy) is 1. The zero-order chi connectivity index (χ0) is 14.8. The molecule has 1 aliphatic heterocycles. The third-order valence-electron chi connectivity index (χ3n) is 4.00. The van der Waals surface area contributed by atoms with Crippen LogP contribution in [0.25, 0.3) is 0 Å². The smallest absolute Gasteiger partial charge is 0.123 e. The van der Waals surface area contributed by atoms with E-state index in [1.54, 1.807) is 0 Å². The maximum atomic E-state index is 6.00. The molecule has 21 heavy (non-hydrogen) atoms. The van der Waals surface area contributed by atoms with Crippen LogP contribution in [0.2, 0.25) is 0 Å². The van der Waals surface area contributed by atoms with E-state index in [0.29, 0.717) is 6.04 Å². The molecule has 1 aliphatic rings. The van der Waals surface area contributed by atoms with Crippen molar-refractivity contribution in [1.82, 2.24) is 15.1 Å². The second-order valence-electron chi connectivity index (χ2n) is 6.02. The molecule has 1 aromatic carbocycles. The highest BCUT2D eigenvalue weighted by Gasteiger charge is 2.23. The number of hydrogen-bond acceptors (Lipinski definition) is 3. The van der Waals surface area contributed by atoms with Crippen LogP contribution in [0.5, 0.6) is 5.75 Å². The van der Waals surface area contributed by atoms with E-state index in [0.717, 1.165) is 25.3 Å². The molecule has 0 amide bonds. The number of fused-ring (bicyclic) bond motifs is 1. The normalized spacial score (nSPS) is 17.0. The molecule has 1 aromatic heterocycles. The van der Waals surface area contributed by atoms with E-state index >= 15 is 0 Å². The highest BCUT2D eigenvalue weighted by molar-refractivity contribution is 5.37. The maximum Gasteiger partial charge on any atom is 0.123 e. The number of para-hydroxylation sites is 1. The van der Waals surface area contributed by atoms with Crippen LogP contribution < -0.4 is 10.1 Å². The van der Waals surface area contributed by atoms with Crippen molar-refractivity contribution < 1.29 is 4.74 Å². The SMILES string of the molecule is Cc1c(CNC(C)C)cnn1CC1Cc2ccccc2O1. The van der Waals surface area contributed by atoms with E-state index in [2.05, 4.69) is 48.0 Å². The van der Waals surface area contributed by atoms with Crippen molar-refractivity contribution >= 4 is 0 Å². The molecule has 0 bridgehead atoms. The van der Waals surface area contributed by atoms with Gasteiger partial charge >= 0.3 is 0 Å². The van der Waals surface area contributed by atoms with Gasteiger partial charge in [0, 0.05) is 30.3 Å². The molecule has 1 N–H and O–H groups in total. The van der Waals surface area contributed by atoms with Gasteiger partial charge in [-0.05, 0) is 18.6 Å². The highest BCUT2D eigenvalue weighted by Crippen LogP contribution is 2.28. The average molecular weight is 285 g/mol. The standard InChI is InChI=1S/C17H23N3O/c1-12(2)18-9-15-10-19-20(13(15)3)11-16-8-14-6-4-5-7-17(14)21-16/h4-7,10,12,16,18H,8-9,11H2,1-3H3. The van der Waals surface area contributed by atoms with Crippen molar-refractivity contribution in [3.05, 3.63) is 47.3 Å². The molecule has 0 spiro atoms. The van der Waals surface area contributed by atoms with Gasteiger partial charge < -0.3 is 10.1 Å². The van der Waals surface area contributed by atoms with Crippen molar-refractivity contribution in [3.8, 4) is 5.75 Å². The lowest BCUT2D eigenvalue weighted by Gasteiger charge is -2.13. The molecule has 0 fully saturated rings. The molecule has 2 aromatic rings. The predicted octanol–water partition coefficient (Wildman–Crippen LogP) is 2.69. The van der Waals surface area contributed by atoms with Crippen LogP contribution in [-0.4, -0.2) is 21.9 Å². The van der Waals surface area contributed by atoms with Crippen LogP contribution >= 0.6 is 0 Å². The molecule has 0 saturated heterocycles. The van der Waals surface area contributed by atoms with E-state index in [-0.39, 0.29) is 6.10 Å². The number of hydrogen-bond donors (Lipinski definition) is 1. The van der Waals surface area contributed by atoms with Crippen LogP contribution in [0.15, 0.2) is 30.5 Å². The lowest BCUT2D eigenvalue weighted by Crippen LogP contribution is -2.23. The fraction of sp³-hybridized carbons (Fsp3) is 0.471. The molecule has 1 atom stereocenters. The minimum atomic E-state index is 0.187. The molecule has 0 saturated carbocycles. The number of aromatic nitrogens is 2. The number of nitrogens with one attached hydrogen (secondary N) is 1. The fourth-order valence-corrected chi connectivity index (χ4v) is 2.71. The number of nitrogens with zero attached hydrogens (tertiary/aromatic N) is 2. The van der Waals surface area contributed by atoms with E-state index in [9.17, 15) is 0 Å². The van der Waals surface area contributed by atoms with Gasteiger partial charge in [-0.15, -0.1) is 0 Å². The van der Waals surface area contributed by atoms with Gasteiger partial charge in [0.05, 0.1) is 12.7 Å². The summed E-state index contributed by atoms with van der Waals surface area (Å²) in [6.07, 6.45) is 3.12. The lowest BCUT2D eigenvalue weighted by atomic mass is 10.1. The Morgan fingerprint density at radius 3 is 2.95 bits per heavy atom. The summed E-state index contributed by atoms with van der Waals surface area (Å²) in [4.78, 5) is 0. The van der Waals surface area contributed by atoms with Gasteiger partial charge in [-0.2, -0.15) is 5.10 Å². The van der Waals surface area contributed by atoms with Crippen molar-refractivity contribution in [2.75, 3.05) is 0 Å². The predicted molar refractivity (Wildman–Crippen MR) is 83.5 cm³/mol. The summed E-state index contributed by atoms with van der Waals surface area (Å²) in [7, 11) is 0. The molecule has 4 heteroatoms. The van der Waals surface area contributed by atoms with Gasteiger partial charge in [-0.1, -0.05) is 32.0 Å². The molecule has 0 radical (unpaired) electrons. The van der Waals surface area contributed by atoms with E-state index in [4.69, 9.17) is 4.74 Å². The Morgan fingerprint density at radius 2 is 2.19 bits per heavy atom. The first-order valence-electron chi connectivity index (χ1n) is 7.62. The molecule has 4 nitrogen and oxygen atoms in total. The van der Waals surface area contributed by atoms with Crippen LogP contribution in [0.1, 0.15) is 30.7 Å². The Balaban J connectivity index is 1.64. The molecule has 0 aliphatic carbocycles. The monoisotopic (exact) mass is 285 g/mol. The van der Waals surface area contributed by atoms with Crippen molar-refractivity contribution in [2.45, 2.75) is 52.4 Å².